The first-order valence-corrected chi connectivity index (χ1v) is 9.24. The zero-order valence-electron chi connectivity index (χ0n) is 16.1. The Hall–Kier alpha value is -2.18. The van der Waals surface area contributed by atoms with Gasteiger partial charge in [0.25, 0.3) is 5.91 Å². The maximum atomic E-state index is 13.2. The first-order valence-electron chi connectivity index (χ1n) is 9.24. The van der Waals surface area contributed by atoms with Crippen molar-refractivity contribution in [2.24, 2.45) is 0 Å². The molecule has 0 unspecified atom stereocenters. The van der Waals surface area contributed by atoms with Gasteiger partial charge in [-0.05, 0) is 75.5 Å². The van der Waals surface area contributed by atoms with Crippen LogP contribution < -0.4 is 10.4 Å². The molecule has 2 aromatic carbocycles. The lowest BCUT2D eigenvalue weighted by atomic mass is 9.77. The molecule has 4 nitrogen and oxygen atoms in total. The summed E-state index contributed by atoms with van der Waals surface area (Å²) in [5.74, 6) is -0.395. The number of fused-ring (bicyclic) bond motifs is 1. The van der Waals surface area contributed by atoms with Crippen molar-refractivity contribution in [3.63, 3.8) is 0 Å². The highest BCUT2D eigenvalue weighted by Crippen LogP contribution is 2.36. The van der Waals surface area contributed by atoms with Crippen LogP contribution in [0.5, 0.6) is 0 Å². The fourth-order valence-electron chi connectivity index (χ4n) is 3.48. The number of anilines is 1. The van der Waals surface area contributed by atoms with Crippen LogP contribution in [0.15, 0.2) is 42.5 Å². The van der Waals surface area contributed by atoms with Crippen LogP contribution in [0.1, 0.15) is 43.6 Å². The monoisotopic (exact) mass is 367 g/mol. The number of rotatable bonds is 2. The second-order valence-corrected chi connectivity index (χ2v) is 8.19. The predicted molar refractivity (Wildman–Crippen MR) is 104 cm³/mol. The van der Waals surface area contributed by atoms with Crippen LogP contribution in [0.4, 0.5) is 10.1 Å². The molecule has 27 heavy (non-hydrogen) atoms. The van der Waals surface area contributed by atoms with Gasteiger partial charge in [0.05, 0.1) is 11.2 Å². The molecule has 0 atom stereocenters. The predicted octanol–water partition coefficient (Wildman–Crippen LogP) is 3.33. The van der Waals surface area contributed by atoms with Gasteiger partial charge in [0.15, 0.2) is 0 Å². The van der Waals surface area contributed by atoms with Gasteiger partial charge < -0.3 is 14.2 Å². The molecule has 2 aliphatic rings. The number of benzene rings is 2. The molecule has 2 heterocycles. The number of halogens is 1. The van der Waals surface area contributed by atoms with E-state index in [1.165, 1.54) is 12.1 Å². The summed E-state index contributed by atoms with van der Waals surface area (Å²) in [4.78, 5) is 14.8. The number of carbonyl (C=O) groups is 1. The smallest absolute Gasteiger partial charge is 0.399 e. The minimum absolute atomic E-state index is 0.0822. The van der Waals surface area contributed by atoms with Crippen LogP contribution in [0, 0.1) is 5.82 Å². The van der Waals surface area contributed by atoms with E-state index in [0.717, 1.165) is 17.4 Å². The third-order valence-electron chi connectivity index (χ3n) is 5.88. The lowest BCUT2D eigenvalue weighted by Gasteiger charge is -2.32. The van der Waals surface area contributed by atoms with Crippen LogP contribution in [0.25, 0.3) is 0 Å². The average Bonchev–Trinajstić information content (AvgIpc) is 2.84. The highest BCUT2D eigenvalue weighted by Gasteiger charge is 2.51. The third-order valence-corrected chi connectivity index (χ3v) is 5.88. The summed E-state index contributed by atoms with van der Waals surface area (Å²) >= 11 is 0. The summed E-state index contributed by atoms with van der Waals surface area (Å²) in [5.41, 5.74) is 2.33. The van der Waals surface area contributed by atoms with Gasteiger partial charge in [-0.2, -0.15) is 0 Å². The molecule has 2 aliphatic heterocycles. The minimum atomic E-state index is -0.505. The van der Waals surface area contributed by atoms with E-state index in [-0.39, 0.29) is 11.7 Å². The molecule has 0 bridgehead atoms. The summed E-state index contributed by atoms with van der Waals surface area (Å²) in [6.45, 7) is 8.60. The van der Waals surface area contributed by atoms with Crippen molar-refractivity contribution >= 4 is 24.2 Å². The standard InChI is InChI=1S/C21H23BFNO3/c1-20(2)21(3,4)27-22(26-20)15-6-5-14-11-12-24(19(25)18(14)13-15)17-9-7-16(23)8-10-17/h5-10,13H,11-12H2,1-4H3. The fourth-order valence-corrected chi connectivity index (χ4v) is 3.48. The Kier molecular flexibility index (Phi) is 4.16. The van der Waals surface area contributed by atoms with Gasteiger partial charge in [0.1, 0.15) is 5.82 Å². The first-order chi connectivity index (χ1) is 12.7. The molecule has 2 aromatic rings. The van der Waals surface area contributed by atoms with E-state index in [2.05, 4.69) is 0 Å². The van der Waals surface area contributed by atoms with Gasteiger partial charge in [-0.3, -0.25) is 4.79 Å². The van der Waals surface area contributed by atoms with E-state index in [1.54, 1.807) is 17.0 Å². The lowest BCUT2D eigenvalue weighted by Crippen LogP contribution is -2.41. The molecular weight excluding hydrogens is 344 g/mol. The Bertz CT molecular complexity index is 879. The van der Waals surface area contributed by atoms with Crippen molar-refractivity contribution in [1.29, 1.82) is 0 Å². The van der Waals surface area contributed by atoms with E-state index in [9.17, 15) is 9.18 Å². The van der Waals surface area contributed by atoms with Crippen LogP contribution in [-0.4, -0.2) is 30.8 Å². The van der Waals surface area contributed by atoms with E-state index < -0.39 is 18.3 Å². The molecule has 0 aromatic heterocycles. The number of amides is 1. The number of hydrogen-bond donors (Lipinski definition) is 0. The summed E-state index contributed by atoms with van der Waals surface area (Å²) in [5, 5.41) is 0. The van der Waals surface area contributed by atoms with Crippen molar-refractivity contribution < 1.29 is 18.5 Å². The largest absolute Gasteiger partial charge is 0.494 e. The maximum Gasteiger partial charge on any atom is 0.494 e. The third kappa shape index (κ3) is 3.07. The Morgan fingerprint density at radius 1 is 1.00 bits per heavy atom. The van der Waals surface area contributed by atoms with E-state index in [1.807, 2.05) is 45.9 Å². The molecular formula is C21H23BFNO3. The normalized spacial score (nSPS) is 20.7. The molecule has 4 rings (SSSR count). The Morgan fingerprint density at radius 2 is 1.63 bits per heavy atom. The van der Waals surface area contributed by atoms with E-state index >= 15 is 0 Å². The molecule has 0 spiro atoms. The van der Waals surface area contributed by atoms with Gasteiger partial charge >= 0.3 is 7.12 Å². The second-order valence-electron chi connectivity index (χ2n) is 8.19. The maximum absolute atomic E-state index is 13.2. The zero-order valence-corrected chi connectivity index (χ0v) is 16.1. The van der Waals surface area contributed by atoms with Gasteiger partial charge in [-0.15, -0.1) is 0 Å². The van der Waals surface area contributed by atoms with Crippen molar-refractivity contribution in [3.05, 3.63) is 59.4 Å². The van der Waals surface area contributed by atoms with Crippen molar-refractivity contribution in [1.82, 2.24) is 0 Å². The molecule has 0 saturated carbocycles. The lowest BCUT2D eigenvalue weighted by molar-refractivity contribution is 0.00578. The number of nitrogens with zero attached hydrogens (tertiary/aromatic N) is 1. The zero-order chi connectivity index (χ0) is 19.4. The topological polar surface area (TPSA) is 38.8 Å². The van der Waals surface area contributed by atoms with Crippen LogP contribution in [0.2, 0.25) is 0 Å². The quantitative estimate of drug-likeness (QED) is 0.765. The fraction of sp³-hybridized carbons (Fsp3) is 0.381. The SMILES string of the molecule is CC1(C)OB(c2ccc3c(c2)C(=O)N(c2ccc(F)cc2)CC3)OC1(C)C. The molecule has 1 amide bonds. The number of carbonyl (C=O) groups excluding carboxylic acids is 1. The van der Waals surface area contributed by atoms with Crippen molar-refractivity contribution in [2.75, 3.05) is 11.4 Å². The summed E-state index contributed by atoms with van der Waals surface area (Å²) < 4.78 is 25.4. The van der Waals surface area contributed by atoms with E-state index in [4.69, 9.17) is 9.31 Å². The summed E-state index contributed by atoms with van der Waals surface area (Å²) in [6, 6.07) is 11.8. The molecule has 1 saturated heterocycles. The van der Waals surface area contributed by atoms with Gasteiger partial charge in [0.2, 0.25) is 0 Å². The van der Waals surface area contributed by atoms with Crippen LogP contribution in [-0.2, 0) is 15.7 Å². The Balaban J connectivity index is 1.64. The number of hydrogen-bond acceptors (Lipinski definition) is 3. The highest BCUT2D eigenvalue weighted by atomic mass is 19.1. The minimum Gasteiger partial charge on any atom is -0.399 e. The molecule has 1 fully saturated rings. The Morgan fingerprint density at radius 3 is 2.26 bits per heavy atom. The van der Waals surface area contributed by atoms with Gasteiger partial charge in [-0.25, -0.2) is 4.39 Å². The summed E-state index contributed by atoms with van der Waals surface area (Å²) in [6.07, 6.45) is 0.752. The molecule has 0 N–H and O–H groups in total. The molecule has 140 valence electrons. The van der Waals surface area contributed by atoms with Crippen LogP contribution >= 0.6 is 0 Å². The molecule has 0 aliphatic carbocycles. The first kappa shape index (κ1) is 18.2. The Labute approximate surface area is 159 Å². The molecule has 0 radical (unpaired) electrons. The highest BCUT2D eigenvalue weighted by molar-refractivity contribution is 6.62. The molecule has 6 heteroatoms. The van der Waals surface area contributed by atoms with Crippen molar-refractivity contribution in [2.45, 2.75) is 45.3 Å². The van der Waals surface area contributed by atoms with Crippen molar-refractivity contribution in [3.8, 4) is 0 Å². The van der Waals surface area contributed by atoms with E-state index in [0.29, 0.717) is 17.8 Å². The van der Waals surface area contributed by atoms with Gasteiger partial charge in [-0.1, -0.05) is 12.1 Å². The second kappa shape index (κ2) is 6.18. The van der Waals surface area contributed by atoms with Gasteiger partial charge in [0, 0.05) is 17.8 Å². The van der Waals surface area contributed by atoms with Crippen LogP contribution in [0.3, 0.4) is 0 Å². The summed E-state index contributed by atoms with van der Waals surface area (Å²) in [7, 11) is -0.505. The average molecular weight is 367 g/mol.